The summed E-state index contributed by atoms with van der Waals surface area (Å²) >= 11 is 0. The van der Waals surface area contributed by atoms with Crippen LogP contribution in [0.1, 0.15) is 59.0 Å². The average molecular weight is 1220 g/mol. The summed E-state index contributed by atoms with van der Waals surface area (Å²) in [7, 11) is 0. The first-order valence-electron chi connectivity index (χ1n) is 28.6. The Morgan fingerprint density at radius 1 is 0.500 bits per heavy atom. The van der Waals surface area contributed by atoms with Crippen LogP contribution < -0.4 is 0 Å². The number of rotatable bonds is 13. The van der Waals surface area contributed by atoms with Crippen LogP contribution in [0.3, 0.4) is 0 Å². The number of phenols is 1. The molecule has 392 valence electrons. The Kier molecular flexibility index (Phi) is 14.0. The van der Waals surface area contributed by atoms with Gasteiger partial charge in [0, 0.05) is 52.2 Å². The summed E-state index contributed by atoms with van der Waals surface area (Å²) < 4.78 is 21.3. The molecule has 0 spiro atoms. The third kappa shape index (κ3) is 10.2. The molecule has 1 aliphatic carbocycles. The van der Waals surface area contributed by atoms with E-state index in [1.54, 1.807) is 0 Å². The molecule has 0 amide bonds. The number of phenolic OH excluding ortho intramolecular Hbond substituents is 1. The van der Waals surface area contributed by atoms with Crippen molar-refractivity contribution in [2.75, 3.05) is 0 Å². The van der Waals surface area contributed by atoms with Gasteiger partial charge in [-0.3, -0.25) is 9.55 Å². The molecule has 13 rings (SSSR count). The summed E-state index contributed by atoms with van der Waals surface area (Å²) in [5.41, 5.74) is 18.9. The molecule has 0 atom stereocenters. The van der Waals surface area contributed by atoms with Crippen molar-refractivity contribution < 1.29 is 28.9 Å². The van der Waals surface area contributed by atoms with Crippen LogP contribution in [0.2, 0.25) is 0 Å². The van der Waals surface area contributed by atoms with E-state index in [0.29, 0.717) is 22.5 Å². The molecule has 1 N–H and O–H groups in total. The van der Waals surface area contributed by atoms with E-state index < -0.39 is 6.37 Å². The van der Waals surface area contributed by atoms with Crippen molar-refractivity contribution in [3.05, 3.63) is 278 Å². The van der Waals surface area contributed by atoms with Crippen molar-refractivity contribution in [2.45, 2.75) is 51.3 Å². The molecule has 1 saturated carbocycles. The standard InChI is InChI=1S/C75H60N3O.Pt/c1-75(2,61-29-13-6-14-30-61)62-40-38-54(39-41-62)57-43-44-76-69(50-57)60-48-58(53-23-7-3-8-24-53)47-59(49-60)64-33-20-36-71-72(64)77-74(67-35-19-34-66(73(67)79)65-32-18-17-31-63(65)55-25-9-4-10-26-55)78(71)70-42-37-52(45-51-21-15-16-22-51)46-68(70)56-27-11-5-12-28-56;/h3-14,17-20,23-44,46-48,50-51,79H,15-16,21-22,45H2,1-2H3;/q-1;/i45D2;. The molecule has 0 saturated heterocycles. The predicted molar refractivity (Wildman–Crippen MR) is 327 cm³/mol. The smallest absolute Gasteiger partial charge is 0.148 e. The number of pyridine rings is 1. The monoisotopic (exact) mass is 1220 g/mol. The van der Waals surface area contributed by atoms with Gasteiger partial charge in [0.25, 0.3) is 0 Å². The van der Waals surface area contributed by atoms with Gasteiger partial charge in [-0.15, -0.1) is 23.8 Å². The molecule has 12 aromatic rings. The fourth-order valence-corrected chi connectivity index (χ4v) is 11.8. The van der Waals surface area contributed by atoms with E-state index >= 15 is 0 Å². The van der Waals surface area contributed by atoms with Crippen molar-refractivity contribution in [1.29, 1.82) is 0 Å². The van der Waals surface area contributed by atoms with Gasteiger partial charge in [-0.25, -0.2) is 4.98 Å². The molecule has 80 heavy (non-hydrogen) atoms. The SMILES string of the molecule is [2H]C([2H])(c1ccc(-n2c(-c3cccc(-c4ccccc4-c4ccccc4)c3O)nc3c(-c4[c-]c(-c5cc(-c6ccc(C(C)(C)c7ccccc7)cc6)ccn5)cc(-c5ccccc5)c4)cccc32)c(-c2ccccc2)c1)C1CCCC1.[Pt]. The van der Waals surface area contributed by atoms with E-state index in [2.05, 4.69) is 194 Å². The molecule has 2 aromatic heterocycles. The second-order valence-electron chi connectivity index (χ2n) is 21.3. The van der Waals surface area contributed by atoms with Crippen LogP contribution in [0.5, 0.6) is 5.75 Å². The molecule has 0 bridgehead atoms. The van der Waals surface area contributed by atoms with Gasteiger partial charge in [-0.1, -0.05) is 262 Å². The van der Waals surface area contributed by atoms with Crippen LogP contribution in [0.15, 0.2) is 255 Å². The fraction of sp³-hybridized carbons (Fsp3) is 0.120. The van der Waals surface area contributed by atoms with Gasteiger partial charge >= 0.3 is 0 Å². The van der Waals surface area contributed by atoms with Crippen LogP contribution >= 0.6 is 0 Å². The zero-order chi connectivity index (χ0) is 55.1. The number of benzene rings is 10. The van der Waals surface area contributed by atoms with Gasteiger partial charge in [0.2, 0.25) is 0 Å². The van der Waals surface area contributed by atoms with Crippen LogP contribution in [-0.2, 0) is 32.9 Å². The first kappa shape index (κ1) is 49.6. The average Bonchev–Trinajstić information content (AvgIpc) is 3.52. The van der Waals surface area contributed by atoms with Crippen molar-refractivity contribution in [2.24, 2.45) is 5.92 Å². The molecule has 4 nitrogen and oxygen atoms in total. The topological polar surface area (TPSA) is 50.9 Å². The Labute approximate surface area is 487 Å². The largest absolute Gasteiger partial charge is 0.507 e. The number of fused-ring (bicyclic) bond motifs is 1. The molecule has 1 fully saturated rings. The Hall–Kier alpha value is -8.69. The maximum absolute atomic E-state index is 12.9. The Morgan fingerprint density at radius 2 is 1.06 bits per heavy atom. The summed E-state index contributed by atoms with van der Waals surface area (Å²) in [5, 5.41) is 12.9. The zero-order valence-corrected chi connectivity index (χ0v) is 47.0. The maximum atomic E-state index is 12.9. The number of hydrogen-bond acceptors (Lipinski definition) is 3. The van der Waals surface area contributed by atoms with Gasteiger partial charge in [0.05, 0.1) is 22.3 Å². The summed E-state index contributed by atoms with van der Waals surface area (Å²) in [6.45, 7) is 4.54. The summed E-state index contributed by atoms with van der Waals surface area (Å²) in [4.78, 5) is 10.7. The second kappa shape index (κ2) is 22.6. The molecule has 2 heterocycles. The Bertz CT molecular complexity index is 4230. The minimum atomic E-state index is -1.53. The third-order valence-corrected chi connectivity index (χ3v) is 16.0. The molecule has 0 unspecified atom stereocenters. The quantitative estimate of drug-likeness (QED) is 0.117. The minimum absolute atomic E-state index is 0. The van der Waals surface area contributed by atoms with E-state index in [1.165, 1.54) is 11.1 Å². The van der Waals surface area contributed by atoms with E-state index in [-0.39, 0.29) is 38.1 Å². The molecule has 0 aliphatic heterocycles. The van der Waals surface area contributed by atoms with Crippen LogP contribution in [0, 0.1) is 12.0 Å². The molecule has 0 radical (unpaired) electrons. The van der Waals surface area contributed by atoms with Gasteiger partial charge in [0.1, 0.15) is 11.6 Å². The molecule has 1 aliphatic rings. The van der Waals surface area contributed by atoms with Crippen molar-refractivity contribution in [3.63, 3.8) is 0 Å². The number of aromatic hydroxyl groups is 1. The number of nitrogens with zero attached hydrogens (tertiary/aromatic N) is 3. The number of aromatic nitrogens is 3. The number of imidazole rings is 1. The molecular formula is C75H60N3OPt-. The predicted octanol–water partition coefficient (Wildman–Crippen LogP) is 19.3. The van der Waals surface area contributed by atoms with Gasteiger partial charge in [-0.2, -0.15) is 0 Å². The normalized spacial score (nSPS) is 13.2. The third-order valence-electron chi connectivity index (χ3n) is 16.0. The number of hydrogen-bond donors (Lipinski definition) is 1. The van der Waals surface area contributed by atoms with E-state index in [9.17, 15) is 7.85 Å². The Balaban J connectivity index is 0.00000665. The zero-order valence-electron chi connectivity index (χ0n) is 46.8. The number of para-hydroxylation sites is 2. The summed E-state index contributed by atoms with van der Waals surface area (Å²) in [6.07, 6.45) is 4.17. The Morgan fingerprint density at radius 3 is 1.77 bits per heavy atom. The molecular weight excluding hydrogens is 1150 g/mol. The van der Waals surface area contributed by atoms with Crippen molar-refractivity contribution >= 4 is 11.0 Å². The minimum Gasteiger partial charge on any atom is -0.507 e. The van der Waals surface area contributed by atoms with Crippen molar-refractivity contribution in [1.82, 2.24) is 14.5 Å². The van der Waals surface area contributed by atoms with Gasteiger partial charge < -0.3 is 5.11 Å². The van der Waals surface area contributed by atoms with Crippen LogP contribution in [0.4, 0.5) is 0 Å². The van der Waals surface area contributed by atoms with Crippen LogP contribution in [0.25, 0.3) is 106 Å². The fourth-order valence-electron chi connectivity index (χ4n) is 11.8. The van der Waals surface area contributed by atoms with Crippen LogP contribution in [-0.4, -0.2) is 19.6 Å². The first-order valence-corrected chi connectivity index (χ1v) is 27.6. The maximum Gasteiger partial charge on any atom is 0.148 e. The van der Waals surface area contributed by atoms with E-state index in [0.717, 1.165) is 115 Å². The van der Waals surface area contributed by atoms with Gasteiger partial charge in [-0.05, 0) is 98.3 Å². The van der Waals surface area contributed by atoms with Gasteiger partial charge in [0.15, 0.2) is 0 Å². The molecule has 5 heteroatoms. The first-order chi connectivity index (χ1) is 39.6. The second-order valence-corrected chi connectivity index (χ2v) is 21.3. The van der Waals surface area contributed by atoms with E-state index in [4.69, 9.17) is 9.97 Å². The molecule has 10 aromatic carbocycles. The van der Waals surface area contributed by atoms with E-state index in [1.807, 2.05) is 85.1 Å². The summed E-state index contributed by atoms with van der Waals surface area (Å²) in [5.74, 6) is 0.590. The van der Waals surface area contributed by atoms with Crippen molar-refractivity contribution in [3.8, 4) is 101 Å². The summed E-state index contributed by atoms with van der Waals surface area (Å²) in [6, 6.07) is 89.5.